The van der Waals surface area contributed by atoms with Gasteiger partial charge < -0.3 is 11.1 Å². The number of anilines is 2. The van der Waals surface area contributed by atoms with Crippen LogP contribution in [-0.4, -0.2) is 18.9 Å². The maximum atomic E-state index is 12.6. The predicted molar refractivity (Wildman–Crippen MR) is 55.3 cm³/mol. The summed E-state index contributed by atoms with van der Waals surface area (Å²) in [5, 5.41) is 2.41. The topological polar surface area (TPSA) is 38.0 Å². The Kier molecular flexibility index (Phi) is 3.85. The van der Waals surface area contributed by atoms with Crippen molar-refractivity contribution in [1.82, 2.24) is 0 Å². The van der Waals surface area contributed by atoms with Gasteiger partial charge in [-0.1, -0.05) is 11.6 Å². The molecule has 0 aliphatic carbocycles. The molecule has 1 rings (SSSR count). The zero-order chi connectivity index (χ0) is 12.3. The smallest absolute Gasteiger partial charge is 0.324 e. The van der Waals surface area contributed by atoms with Gasteiger partial charge in [0.15, 0.2) is 0 Å². The third-order valence-electron chi connectivity index (χ3n) is 1.85. The van der Waals surface area contributed by atoms with Crippen LogP contribution >= 0.6 is 11.6 Å². The van der Waals surface area contributed by atoms with Crippen molar-refractivity contribution in [3.8, 4) is 0 Å². The SMILES string of the molecule is Nc1ccc(Cl)cc1NCC(F)(F)C(F)F. The molecule has 1 aromatic rings. The molecule has 1 aromatic carbocycles. The standard InChI is InChI=1S/C9H9ClF4N2/c10-5-1-2-6(15)7(3-5)16-4-9(13,14)8(11)12/h1-3,8,16H,4,15H2. The van der Waals surface area contributed by atoms with Crippen LogP contribution in [0.1, 0.15) is 0 Å². The molecule has 7 heteroatoms. The van der Waals surface area contributed by atoms with Crippen molar-refractivity contribution in [3.63, 3.8) is 0 Å². The van der Waals surface area contributed by atoms with Gasteiger partial charge in [-0.3, -0.25) is 0 Å². The predicted octanol–water partition coefficient (Wildman–Crippen LogP) is 3.23. The molecule has 2 nitrogen and oxygen atoms in total. The average Bonchev–Trinajstić information content (AvgIpc) is 2.19. The van der Waals surface area contributed by atoms with Crippen molar-refractivity contribution in [2.24, 2.45) is 0 Å². The molecule has 0 atom stereocenters. The maximum absolute atomic E-state index is 12.6. The highest BCUT2D eigenvalue weighted by Crippen LogP contribution is 2.27. The van der Waals surface area contributed by atoms with Crippen LogP contribution in [0, 0.1) is 0 Å². The van der Waals surface area contributed by atoms with Crippen molar-refractivity contribution in [2.75, 3.05) is 17.6 Å². The van der Waals surface area contributed by atoms with E-state index in [2.05, 4.69) is 5.32 Å². The van der Waals surface area contributed by atoms with Crippen molar-refractivity contribution in [2.45, 2.75) is 12.3 Å². The van der Waals surface area contributed by atoms with Gasteiger partial charge in [-0.25, -0.2) is 8.78 Å². The minimum Gasteiger partial charge on any atom is -0.397 e. The van der Waals surface area contributed by atoms with E-state index >= 15 is 0 Å². The number of nitrogens with two attached hydrogens (primary N) is 1. The first-order valence-electron chi connectivity index (χ1n) is 4.28. The van der Waals surface area contributed by atoms with E-state index in [1.54, 1.807) is 0 Å². The molecular weight excluding hydrogens is 248 g/mol. The summed E-state index contributed by atoms with van der Waals surface area (Å²) in [6, 6.07) is 4.15. The Labute approximate surface area is 94.4 Å². The highest BCUT2D eigenvalue weighted by molar-refractivity contribution is 6.31. The maximum Gasteiger partial charge on any atom is 0.324 e. The number of nitrogen functional groups attached to an aromatic ring is 1. The molecule has 0 aliphatic heterocycles. The van der Waals surface area contributed by atoms with Crippen molar-refractivity contribution < 1.29 is 17.6 Å². The largest absolute Gasteiger partial charge is 0.397 e. The molecule has 3 N–H and O–H groups in total. The number of alkyl halides is 4. The number of hydrogen-bond acceptors (Lipinski definition) is 2. The molecular formula is C9H9ClF4N2. The summed E-state index contributed by atoms with van der Waals surface area (Å²) in [5.74, 6) is -4.10. The lowest BCUT2D eigenvalue weighted by atomic mass is 10.2. The second-order valence-corrected chi connectivity index (χ2v) is 3.58. The van der Waals surface area contributed by atoms with Crippen molar-refractivity contribution in [3.05, 3.63) is 23.2 Å². The number of rotatable bonds is 4. The molecule has 0 saturated carbocycles. The first kappa shape index (κ1) is 12.9. The third kappa shape index (κ3) is 3.16. The lowest BCUT2D eigenvalue weighted by Crippen LogP contribution is -2.34. The fraction of sp³-hybridized carbons (Fsp3) is 0.333. The van der Waals surface area contributed by atoms with E-state index in [0.717, 1.165) is 0 Å². The molecule has 0 spiro atoms. The van der Waals surface area contributed by atoms with Crippen LogP contribution in [0.25, 0.3) is 0 Å². The minimum atomic E-state index is -4.10. The minimum absolute atomic E-state index is 0.104. The van der Waals surface area contributed by atoms with E-state index in [1.807, 2.05) is 0 Å². The molecule has 0 amide bonds. The van der Waals surface area contributed by atoms with Gasteiger partial charge in [-0.15, -0.1) is 0 Å². The molecule has 0 heterocycles. The van der Waals surface area contributed by atoms with Gasteiger partial charge in [-0.05, 0) is 18.2 Å². The summed E-state index contributed by atoms with van der Waals surface area (Å²) in [6.45, 7) is -1.20. The molecule has 16 heavy (non-hydrogen) atoms. The Morgan fingerprint density at radius 3 is 2.56 bits per heavy atom. The molecule has 0 radical (unpaired) electrons. The zero-order valence-electron chi connectivity index (χ0n) is 7.98. The summed E-state index contributed by atoms with van der Waals surface area (Å²) in [4.78, 5) is 0. The van der Waals surface area contributed by atoms with Crippen molar-refractivity contribution in [1.29, 1.82) is 0 Å². The van der Waals surface area contributed by atoms with Gasteiger partial charge in [0.05, 0.1) is 17.9 Å². The van der Waals surface area contributed by atoms with E-state index < -0.39 is 18.9 Å². The van der Waals surface area contributed by atoms with Crippen LogP contribution in [0.5, 0.6) is 0 Å². The highest BCUT2D eigenvalue weighted by atomic mass is 35.5. The molecule has 0 aromatic heterocycles. The molecule has 0 fully saturated rings. The Hall–Kier alpha value is -1.17. The average molecular weight is 257 g/mol. The highest BCUT2D eigenvalue weighted by Gasteiger charge is 2.40. The lowest BCUT2D eigenvalue weighted by Gasteiger charge is -2.17. The molecule has 0 saturated heterocycles. The number of benzene rings is 1. The van der Waals surface area contributed by atoms with Gasteiger partial charge in [0.1, 0.15) is 0 Å². The van der Waals surface area contributed by atoms with E-state index in [9.17, 15) is 17.6 Å². The van der Waals surface area contributed by atoms with Gasteiger partial charge in [-0.2, -0.15) is 8.78 Å². The zero-order valence-corrected chi connectivity index (χ0v) is 8.74. The first-order chi connectivity index (χ1) is 7.33. The Bertz CT molecular complexity index is 371. The van der Waals surface area contributed by atoms with Crippen LogP contribution in [0.15, 0.2) is 18.2 Å². The Morgan fingerprint density at radius 2 is 2.00 bits per heavy atom. The number of hydrogen-bond donors (Lipinski definition) is 2. The summed E-state index contributed by atoms with van der Waals surface area (Å²) < 4.78 is 48.9. The van der Waals surface area contributed by atoms with Crippen LogP contribution in [0.2, 0.25) is 5.02 Å². The summed E-state index contributed by atoms with van der Waals surface area (Å²) in [6.07, 6.45) is -3.72. The van der Waals surface area contributed by atoms with Crippen LogP contribution in [0.4, 0.5) is 28.9 Å². The summed E-state index contributed by atoms with van der Waals surface area (Å²) in [7, 11) is 0. The van der Waals surface area contributed by atoms with Gasteiger partial charge in [0.2, 0.25) is 0 Å². The Morgan fingerprint density at radius 1 is 1.38 bits per heavy atom. The number of halogens is 5. The molecule has 90 valence electrons. The molecule has 0 bridgehead atoms. The Balaban J connectivity index is 2.71. The van der Waals surface area contributed by atoms with Crippen LogP contribution < -0.4 is 11.1 Å². The third-order valence-corrected chi connectivity index (χ3v) is 2.08. The van der Waals surface area contributed by atoms with Crippen LogP contribution in [0.3, 0.4) is 0 Å². The first-order valence-corrected chi connectivity index (χ1v) is 4.65. The van der Waals surface area contributed by atoms with E-state index in [4.69, 9.17) is 17.3 Å². The van der Waals surface area contributed by atoms with Gasteiger partial charge in [0.25, 0.3) is 0 Å². The number of nitrogens with one attached hydrogen (secondary N) is 1. The molecule has 0 unspecified atom stereocenters. The normalized spacial score (nSPS) is 11.9. The summed E-state index contributed by atoms with van der Waals surface area (Å²) in [5.41, 5.74) is 5.71. The quantitative estimate of drug-likeness (QED) is 0.641. The second-order valence-electron chi connectivity index (χ2n) is 3.15. The van der Waals surface area contributed by atoms with Crippen LogP contribution in [-0.2, 0) is 0 Å². The molecule has 0 aliphatic rings. The summed E-state index contributed by atoms with van der Waals surface area (Å²) >= 11 is 5.60. The van der Waals surface area contributed by atoms with E-state index in [1.165, 1.54) is 18.2 Å². The fourth-order valence-corrected chi connectivity index (χ4v) is 1.14. The second kappa shape index (κ2) is 4.78. The van der Waals surface area contributed by atoms with Crippen molar-refractivity contribution >= 4 is 23.0 Å². The van der Waals surface area contributed by atoms with Gasteiger partial charge in [0, 0.05) is 5.02 Å². The lowest BCUT2D eigenvalue weighted by molar-refractivity contribution is -0.117. The van der Waals surface area contributed by atoms with E-state index in [0.29, 0.717) is 0 Å². The van der Waals surface area contributed by atoms with E-state index in [-0.39, 0.29) is 16.4 Å². The fourth-order valence-electron chi connectivity index (χ4n) is 0.972. The van der Waals surface area contributed by atoms with Gasteiger partial charge >= 0.3 is 12.3 Å². The monoisotopic (exact) mass is 256 g/mol.